The van der Waals surface area contributed by atoms with Crippen molar-refractivity contribution in [1.29, 1.82) is 0 Å². The second-order valence-electron chi connectivity index (χ2n) is 5.37. The molecule has 23 heavy (non-hydrogen) atoms. The van der Waals surface area contributed by atoms with E-state index in [0.29, 0.717) is 5.25 Å². The summed E-state index contributed by atoms with van der Waals surface area (Å²) in [5.41, 5.74) is 2.06. The van der Waals surface area contributed by atoms with Crippen LogP contribution in [0.2, 0.25) is 0 Å². The average molecular weight is 328 g/mol. The Labute approximate surface area is 140 Å². The van der Waals surface area contributed by atoms with E-state index < -0.39 is 0 Å². The molecule has 2 aromatic carbocycles. The summed E-state index contributed by atoms with van der Waals surface area (Å²) >= 11 is 1.89. The zero-order chi connectivity index (χ0) is 16.1. The fourth-order valence-corrected chi connectivity index (χ4v) is 3.82. The van der Waals surface area contributed by atoms with Gasteiger partial charge in [0.25, 0.3) is 0 Å². The molecule has 1 heterocycles. The van der Waals surface area contributed by atoms with Crippen LogP contribution in [-0.2, 0) is 0 Å². The maximum atomic E-state index is 12.4. The first-order valence-electron chi connectivity index (χ1n) is 7.63. The molecular formula is C18H20N2O2S. The van der Waals surface area contributed by atoms with Gasteiger partial charge < -0.3 is 15.0 Å². The number of anilines is 1. The minimum absolute atomic E-state index is 0.0324. The number of urea groups is 1. The number of nitrogens with one attached hydrogen (secondary N) is 1. The Kier molecular flexibility index (Phi) is 5.08. The predicted molar refractivity (Wildman–Crippen MR) is 95.2 cm³/mol. The average Bonchev–Trinajstić information content (AvgIpc) is 2.63. The van der Waals surface area contributed by atoms with Crippen molar-refractivity contribution >= 4 is 23.5 Å². The van der Waals surface area contributed by atoms with Crippen molar-refractivity contribution in [3.63, 3.8) is 0 Å². The van der Waals surface area contributed by atoms with Crippen LogP contribution in [0.4, 0.5) is 10.5 Å². The number of carbonyl (C=O) groups excluding carboxylic acids is 1. The molecule has 5 heteroatoms. The van der Waals surface area contributed by atoms with Crippen LogP contribution in [0.25, 0.3) is 0 Å². The van der Waals surface area contributed by atoms with Crippen LogP contribution in [0.3, 0.4) is 0 Å². The SMILES string of the molecule is COc1ccc(C2CN(C(=O)Nc3ccccc3)CCS2)cc1. The van der Waals surface area contributed by atoms with Crippen molar-refractivity contribution < 1.29 is 9.53 Å². The molecule has 2 aromatic rings. The number of para-hydroxylation sites is 1. The minimum Gasteiger partial charge on any atom is -0.497 e. The molecular weight excluding hydrogens is 308 g/mol. The van der Waals surface area contributed by atoms with Crippen LogP contribution in [0.5, 0.6) is 5.75 Å². The zero-order valence-corrected chi connectivity index (χ0v) is 13.9. The Morgan fingerprint density at radius 1 is 1.17 bits per heavy atom. The van der Waals surface area contributed by atoms with Crippen LogP contribution < -0.4 is 10.1 Å². The third-order valence-electron chi connectivity index (χ3n) is 3.87. The van der Waals surface area contributed by atoms with Gasteiger partial charge >= 0.3 is 6.03 Å². The molecule has 1 aliphatic heterocycles. The molecule has 0 aliphatic carbocycles. The van der Waals surface area contributed by atoms with Crippen LogP contribution in [0.15, 0.2) is 54.6 Å². The Morgan fingerprint density at radius 3 is 2.61 bits per heavy atom. The van der Waals surface area contributed by atoms with Gasteiger partial charge in [-0.05, 0) is 29.8 Å². The normalized spacial score (nSPS) is 17.6. The van der Waals surface area contributed by atoms with E-state index in [4.69, 9.17) is 4.74 Å². The van der Waals surface area contributed by atoms with Gasteiger partial charge in [0.2, 0.25) is 0 Å². The smallest absolute Gasteiger partial charge is 0.321 e. The molecule has 1 N–H and O–H groups in total. The van der Waals surface area contributed by atoms with Gasteiger partial charge in [0.1, 0.15) is 5.75 Å². The molecule has 1 unspecified atom stereocenters. The molecule has 1 aliphatic rings. The van der Waals surface area contributed by atoms with Gasteiger partial charge in [0.15, 0.2) is 0 Å². The van der Waals surface area contributed by atoms with Gasteiger partial charge in [-0.2, -0.15) is 11.8 Å². The third kappa shape index (κ3) is 3.99. The lowest BCUT2D eigenvalue weighted by atomic mass is 10.1. The molecule has 0 bridgehead atoms. The number of hydrogen-bond acceptors (Lipinski definition) is 3. The third-order valence-corrected chi connectivity index (χ3v) is 5.11. The minimum atomic E-state index is -0.0324. The number of rotatable bonds is 3. The molecule has 0 radical (unpaired) electrons. The Morgan fingerprint density at radius 2 is 1.91 bits per heavy atom. The number of nitrogens with zero attached hydrogens (tertiary/aromatic N) is 1. The maximum absolute atomic E-state index is 12.4. The lowest BCUT2D eigenvalue weighted by Gasteiger charge is -2.32. The van der Waals surface area contributed by atoms with Gasteiger partial charge in [-0.1, -0.05) is 30.3 Å². The van der Waals surface area contributed by atoms with Crippen molar-refractivity contribution in [1.82, 2.24) is 4.90 Å². The summed E-state index contributed by atoms with van der Waals surface area (Å²) < 4.78 is 5.20. The Bertz CT molecular complexity index is 646. The van der Waals surface area contributed by atoms with E-state index in [1.54, 1.807) is 7.11 Å². The first-order valence-corrected chi connectivity index (χ1v) is 8.67. The Balaban J connectivity index is 1.64. The zero-order valence-electron chi connectivity index (χ0n) is 13.1. The van der Waals surface area contributed by atoms with Crippen LogP contribution >= 0.6 is 11.8 Å². The molecule has 1 fully saturated rings. The predicted octanol–water partition coefficient (Wildman–Crippen LogP) is 4.02. The summed E-state index contributed by atoms with van der Waals surface area (Å²) in [6, 6.07) is 17.6. The maximum Gasteiger partial charge on any atom is 0.321 e. The summed E-state index contributed by atoms with van der Waals surface area (Å²) in [6.45, 7) is 1.49. The van der Waals surface area contributed by atoms with Crippen molar-refractivity contribution in [2.45, 2.75) is 5.25 Å². The number of benzene rings is 2. The first-order chi connectivity index (χ1) is 11.3. The second kappa shape index (κ2) is 7.42. The highest BCUT2D eigenvalue weighted by Gasteiger charge is 2.25. The van der Waals surface area contributed by atoms with Gasteiger partial charge in [-0.15, -0.1) is 0 Å². The molecule has 3 rings (SSSR count). The number of ether oxygens (including phenoxy) is 1. The van der Waals surface area contributed by atoms with Crippen molar-refractivity contribution in [3.05, 3.63) is 60.2 Å². The monoisotopic (exact) mass is 328 g/mol. The fraction of sp³-hybridized carbons (Fsp3) is 0.278. The highest BCUT2D eigenvalue weighted by atomic mass is 32.2. The van der Waals surface area contributed by atoms with Crippen LogP contribution in [0, 0.1) is 0 Å². The fourth-order valence-electron chi connectivity index (χ4n) is 2.58. The topological polar surface area (TPSA) is 41.6 Å². The molecule has 0 aromatic heterocycles. The lowest BCUT2D eigenvalue weighted by molar-refractivity contribution is 0.213. The van der Waals surface area contributed by atoms with Gasteiger partial charge in [0, 0.05) is 29.8 Å². The molecule has 1 saturated heterocycles. The van der Waals surface area contributed by atoms with E-state index in [0.717, 1.165) is 30.3 Å². The van der Waals surface area contributed by atoms with E-state index in [1.165, 1.54) is 5.56 Å². The van der Waals surface area contributed by atoms with Gasteiger partial charge in [-0.3, -0.25) is 0 Å². The number of thioether (sulfide) groups is 1. The molecule has 4 nitrogen and oxygen atoms in total. The van der Waals surface area contributed by atoms with E-state index in [1.807, 2.05) is 59.1 Å². The van der Waals surface area contributed by atoms with Crippen LogP contribution in [-0.4, -0.2) is 36.9 Å². The number of carbonyl (C=O) groups is 1. The van der Waals surface area contributed by atoms with Crippen molar-refractivity contribution in [2.24, 2.45) is 0 Å². The highest BCUT2D eigenvalue weighted by Crippen LogP contribution is 2.34. The molecule has 0 spiro atoms. The number of amides is 2. The highest BCUT2D eigenvalue weighted by molar-refractivity contribution is 7.99. The standard InChI is InChI=1S/C18H20N2O2S/c1-22-16-9-7-14(8-10-16)17-13-20(11-12-23-17)18(21)19-15-5-3-2-4-6-15/h2-10,17H,11-13H2,1H3,(H,19,21). The summed E-state index contributed by atoms with van der Waals surface area (Å²) in [7, 11) is 1.67. The van der Waals surface area contributed by atoms with Crippen LogP contribution in [0.1, 0.15) is 10.8 Å². The molecule has 0 saturated carbocycles. The van der Waals surface area contributed by atoms with Crippen molar-refractivity contribution in [2.75, 3.05) is 31.3 Å². The largest absolute Gasteiger partial charge is 0.497 e. The van der Waals surface area contributed by atoms with E-state index >= 15 is 0 Å². The number of hydrogen-bond donors (Lipinski definition) is 1. The Hall–Kier alpha value is -2.14. The molecule has 120 valence electrons. The summed E-state index contributed by atoms with van der Waals surface area (Å²) in [5.74, 6) is 1.80. The summed E-state index contributed by atoms with van der Waals surface area (Å²) in [6.07, 6.45) is 0. The number of methoxy groups -OCH3 is 1. The quantitative estimate of drug-likeness (QED) is 0.925. The van der Waals surface area contributed by atoms with E-state index in [9.17, 15) is 4.79 Å². The van der Waals surface area contributed by atoms with Gasteiger partial charge in [-0.25, -0.2) is 4.79 Å². The first kappa shape index (κ1) is 15.7. The summed E-state index contributed by atoms with van der Waals surface area (Å²) in [5, 5.41) is 3.26. The van der Waals surface area contributed by atoms with E-state index in [-0.39, 0.29) is 6.03 Å². The lowest BCUT2D eigenvalue weighted by Crippen LogP contribution is -2.41. The summed E-state index contributed by atoms with van der Waals surface area (Å²) in [4.78, 5) is 14.3. The molecule has 1 atom stereocenters. The molecule has 2 amide bonds. The second-order valence-corrected chi connectivity index (χ2v) is 6.69. The van der Waals surface area contributed by atoms with Gasteiger partial charge in [0.05, 0.1) is 7.11 Å². The van der Waals surface area contributed by atoms with Crippen molar-refractivity contribution in [3.8, 4) is 5.75 Å². The van der Waals surface area contributed by atoms with E-state index in [2.05, 4.69) is 17.4 Å².